The molecule has 1 aliphatic rings. The van der Waals surface area contributed by atoms with Crippen molar-refractivity contribution in [2.24, 2.45) is 0 Å². The van der Waals surface area contributed by atoms with Crippen LogP contribution in [0.5, 0.6) is 0 Å². The summed E-state index contributed by atoms with van der Waals surface area (Å²) in [6, 6.07) is 2.21. The van der Waals surface area contributed by atoms with E-state index < -0.39 is 0 Å². The van der Waals surface area contributed by atoms with Gasteiger partial charge in [-0.2, -0.15) is 0 Å². The van der Waals surface area contributed by atoms with E-state index in [1.54, 1.807) is 0 Å². The second-order valence-corrected chi connectivity index (χ2v) is 5.74. The highest BCUT2D eigenvalue weighted by Gasteiger charge is 2.26. The first kappa shape index (κ1) is 14.6. The summed E-state index contributed by atoms with van der Waals surface area (Å²) in [5, 5.41) is 2.50. The summed E-state index contributed by atoms with van der Waals surface area (Å²) in [6.07, 6.45) is 4.81. The third-order valence-electron chi connectivity index (χ3n) is 3.48. The molecule has 4 nitrogen and oxygen atoms in total. The smallest absolute Gasteiger partial charge is 0.267 e. The van der Waals surface area contributed by atoms with Crippen LogP contribution in [-0.4, -0.2) is 28.0 Å². The number of nitrogens with one attached hydrogen (secondary N) is 1. The summed E-state index contributed by atoms with van der Waals surface area (Å²) in [6.45, 7) is 4.23. The molecule has 2 atom stereocenters. The van der Waals surface area contributed by atoms with E-state index in [1.165, 1.54) is 18.7 Å². The van der Waals surface area contributed by atoms with E-state index in [1.807, 2.05) is 5.01 Å². The van der Waals surface area contributed by atoms with Gasteiger partial charge < -0.3 is 0 Å². The molecular weight excluding hydrogens is 285 g/mol. The molecule has 0 saturated carbocycles. The monoisotopic (exact) mass is 301 g/mol. The zero-order valence-corrected chi connectivity index (χ0v) is 12.5. The van der Waals surface area contributed by atoms with E-state index in [-0.39, 0.29) is 16.1 Å². The van der Waals surface area contributed by atoms with Crippen LogP contribution in [0.4, 0.5) is 0 Å². The van der Waals surface area contributed by atoms with Gasteiger partial charge in [0.1, 0.15) is 5.15 Å². The van der Waals surface area contributed by atoms with Gasteiger partial charge in [-0.3, -0.25) is 10.2 Å². The van der Waals surface area contributed by atoms with Crippen LogP contribution in [0.3, 0.4) is 0 Å². The lowest BCUT2D eigenvalue weighted by Crippen LogP contribution is -2.54. The number of carbonyl (C=O) groups is 1. The number of pyridine rings is 1. The Bertz CT molecular complexity index is 471. The summed E-state index contributed by atoms with van der Waals surface area (Å²) in [5.74, 6) is -0.202. The van der Waals surface area contributed by atoms with Gasteiger partial charge in [-0.15, -0.1) is 0 Å². The van der Waals surface area contributed by atoms with Gasteiger partial charge in [0, 0.05) is 18.3 Å². The molecule has 1 amide bonds. The Morgan fingerprint density at radius 3 is 2.58 bits per heavy atom. The molecule has 0 bridgehead atoms. The topological polar surface area (TPSA) is 45.2 Å². The van der Waals surface area contributed by atoms with Crippen LogP contribution in [0, 0.1) is 0 Å². The van der Waals surface area contributed by atoms with Crippen molar-refractivity contribution in [2.45, 2.75) is 45.2 Å². The molecule has 0 spiro atoms. The molecule has 1 aliphatic heterocycles. The van der Waals surface area contributed by atoms with E-state index in [4.69, 9.17) is 23.2 Å². The van der Waals surface area contributed by atoms with Crippen molar-refractivity contribution in [1.82, 2.24) is 15.4 Å². The van der Waals surface area contributed by atoms with Crippen LogP contribution >= 0.6 is 23.2 Å². The number of nitrogens with zero attached hydrogens (tertiary/aromatic N) is 2. The molecule has 1 saturated heterocycles. The van der Waals surface area contributed by atoms with Crippen molar-refractivity contribution in [2.75, 3.05) is 0 Å². The van der Waals surface area contributed by atoms with Gasteiger partial charge in [-0.1, -0.05) is 29.6 Å². The Morgan fingerprint density at radius 2 is 2.00 bits per heavy atom. The van der Waals surface area contributed by atoms with Crippen LogP contribution in [0.2, 0.25) is 10.2 Å². The SMILES string of the molecule is CC1CCCC(C)N1NC(=O)c1cnc(Cl)c(Cl)c1. The quantitative estimate of drug-likeness (QED) is 0.853. The van der Waals surface area contributed by atoms with Gasteiger partial charge in [-0.25, -0.2) is 9.99 Å². The highest BCUT2D eigenvalue weighted by atomic mass is 35.5. The number of amides is 1. The zero-order valence-electron chi connectivity index (χ0n) is 11.0. The maximum atomic E-state index is 12.2. The maximum Gasteiger partial charge on any atom is 0.267 e. The fourth-order valence-electron chi connectivity index (χ4n) is 2.37. The number of halogens is 2. The molecule has 6 heteroatoms. The van der Waals surface area contributed by atoms with Crippen LogP contribution < -0.4 is 5.43 Å². The first-order valence-electron chi connectivity index (χ1n) is 6.39. The Morgan fingerprint density at radius 1 is 1.37 bits per heavy atom. The average Bonchev–Trinajstić information content (AvgIpc) is 2.37. The van der Waals surface area contributed by atoms with E-state index in [0.717, 1.165) is 12.8 Å². The average molecular weight is 302 g/mol. The lowest BCUT2D eigenvalue weighted by atomic mass is 10.00. The predicted molar refractivity (Wildman–Crippen MR) is 76.3 cm³/mol. The molecule has 19 heavy (non-hydrogen) atoms. The number of rotatable bonds is 2. The zero-order chi connectivity index (χ0) is 14.0. The molecule has 104 valence electrons. The van der Waals surface area contributed by atoms with Crippen molar-refractivity contribution in [3.63, 3.8) is 0 Å². The van der Waals surface area contributed by atoms with Gasteiger partial charge in [0.2, 0.25) is 0 Å². The maximum absolute atomic E-state index is 12.2. The van der Waals surface area contributed by atoms with E-state index in [0.29, 0.717) is 17.6 Å². The van der Waals surface area contributed by atoms with Gasteiger partial charge in [0.25, 0.3) is 5.91 Å². The summed E-state index contributed by atoms with van der Waals surface area (Å²) < 4.78 is 0. The molecule has 2 heterocycles. The second-order valence-electron chi connectivity index (χ2n) is 4.97. The summed E-state index contributed by atoms with van der Waals surface area (Å²) in [4.78, 5) is 16.1. The van der Waals surface area contributed by atoms with Gasteiger partial charge in [0.05, 0.1) is 10.6 Å². The highest BCUT2D eigenvalue weighted by molar-refractivity contribution is 6.41. The summed E-state index contributed by atoms with van der Waals surface area (Å²) in [5.41, 5.74) is 3.35. The summed E-state index contributed by atoms with van der Waals surface area (Å²) >= 11 is 11.6. The second kappa shape index (κ2) is 6.07. The number of hydrogen-bond donors (Lipinski definition) is 1. The van der Waals surface area contributed by atoms with Crippen LogP contribution in [0.1, 0.15) is 43.5 Å². The Balaban J connectivity index is 2.09. The largest absolute Gasteiger partial charge is 0.284 e. The number of piperidine rings is 1. The van der Waals surface area contributed by atoms with E-state index in [9.17, 15) is 4.79 Å². The molecule has 1 N–H and O–H groups in total. The third kappa shape index (κ3) is 3.38. The number of carbonyl (C=O) groups excluding carboxylic acids is 1. The molecule has 1 fully saturated rings. The number of hydrazine groups is 1. The number of hydrogen-bond acceptors (Lipinski definition) is 3. The van der Waals surface area contributed by atoms with E-state index in [2.05, 4.69) is 24.3 Å². The van der Waals surface area contributed by atoms with Crippen molar-refractivity contribution in [3.8, 4) is 0 Å². The van der Waals surface area contributed by atoms with Gasteiger partial charge in [-0.05, 0) is 32.8 Å². The van der Waals surface area contributed by atoms with Gasteiger partial charge >= 0.3 is 0 Å². The first-order chi connectivity index (χ1) is 8.99. The minimum atomic E-state index is -0.202. The lowest BCUT2D eigenvalue weighted by Gasteiger charge is -2.38. The summed E-state index contributed by atoms with van der Waals surface area (Å²) in [7, 11) is 0. The highest BCUT2D eigenvalue weighted by Crippen LogP contribution is 2.22. The van der Waals surface area contributed by atoms with Crippen LogP contribution in [0.25, 0.3) is 0 Å². The van der Waals surface area contributed by atoms with Crippen molar-refractivity contribution in [1.29, 1.82) is 0 Å². The minimum Gasteiger partial charge on any atom is -0.284 e. The molecule has 1 aromatic heterocycles. The fraction of sp³-hybridized carbons (Fsp3) is 0.538. The molecule has 1 aromatic rings. The molecule has 2 unspecified atom stereocenters. The number of aromatic nitrogens is 1. The van der Waals surface area contributed by atoms with Crippen molar-refractivity contribution >= 4 is 29.1 Å². The fourth-order valence-corrected chi connectivity index (χ4v) is 2.64. The molecule has 0 aromatic carbocycles. The Hall–Kier alpha value is -0.840. The van der Waals surface area contributed by atoms with Gasteiger partial charge in [0.15, 0.2) is 0 Å². The first-order valence-corrected chi connectivity index (χ1v) is 7.15. The van der Waals surface area contributed by atoms with E-state index >= 15 is 0 Å². The molecule has 0 radical (unpaired) electrons. The molecule has 2 rings (SSSR count). The van der Waals surface area contributed by atoms with Crippen molar-refractivity contribution in [3.05, 3.63) is 28.0 Å². The molecular formula is C13H17Cl2N3O. The van der Waals surface area contributed by atoms with Crippen molar-refractivity contribution < 1.29 is 4.79 Å². The minimum absolute atomic E-state index is 0.202. The van der Waals surface area contributed by atoms with Crippen LogP contribution in [0.15, 0.2) is 12.3 Å². The normalized spacial score (nSPS) is 24.2. The predicted octanol–water partition coefficient (Wildman–Crippen LogP) is 3.30. The Kier molecular flexibility index (Phi) is 4.66. The van der Waals surface area contributed by atoms with Crippen LogP contribution in [-0.2, 0) is 0 Å². The standard InChI is InChI=1S/C13H17Cl2N3O/c1-8-4-3-5-9(2)18(8)17-13(19)10-6-11(14)12(15)16-7-10/h6-9H,3-5H2,1-2H3,(H,17,19). The molecule has 0 aliphatic carbocycles. The lowest BCUT2D eigenvalue weighted by molar-refractivity contribution is 0.0369. The third-order valence-corrected chi connectivity index (χ3v) is 4.17. The Labute approximate surface area is 123 Å².